The van der Waals surface area contributed by atoms with E-state index >= 15 is 0 Å². The van der Waals surface area contributed by atoms with Gasteiger partial charge in [0.25, 0.3) is 5.91 Å². The molecule has 2 rings (SSSR count). The lowest BCUT2D eigenvalue weighted by Crippen LogP contribution is -2.56. The summed E-state index contributed by atoms with van der Waals surface area (Å²) in [4.78, 5) is 18.3. The highest BCUT2D eigenvalue weighted by molar-refractivity contribution is 9.10. The molecule has 1 fully saturated rings. The van der Waals surface area contributed by atoms with Crippen LogP contribution in [-0.2, 0) is 0 Å². The van der Waals surface area contributed by atoms with Gasteiger partial charge in [-0.1, -0.05) is 0 Å². The molecular formula is C12H17BrClN3O. The zero-order valence-electron chi connectivity index (χ0n) is 10.4. The van der Waals surface area contributed by atoms with E-state index < -0.39 is 0 Å². The van der Waals surface area contributed by atoms with Gasteiger partial charge in [0.2, 0.25) is 0 Å². The fraction of sp³-hybridized carbons (Fsp3) is 0.500. The monoisotopic (exact) mass is 333 g/mol. The van der Waals surface area contributed by atoms with Gasteiger partial charge in [-0.2, -0.15) is 0 Å². The molecule has 0 aliphatic carbocycles. The summed E-state index contributed by atoms with van der Waals surface area (Å²) in [5.74, 6) is -0.00215. The third kappa shape index (κ3) is 3.43. The summed E-state index contributed by atoms with van der Waals surface area (Å²) < 4.78 is 0.754. The SMILES string of the molecule is CC1CN(C(=O)c2ncccc2Br)CC(C)N1.Cl. The van der Waals surface area contributed by atoms with Crippen LogP contribution in [0.4, 0.5) is 0 Å². The van der Waals surface area contributed by atoms with E-state index in [4.69, 9.17) is 0 Å². The average Bonchev–Trinajstić information content (AvgIpc) is 2.27. The number of hydrogen-bond acceptors (Lipinski definition) is 3. The maximum atomic E-state index is 12.3. The Morgan fingerprint density at radius 1 is 1.44 bits per heavy atom. The number of carbonyl (C=O) groups excluding carboxylic acids is 1. The predicted octanol–water partition coefficient (Wildman–Crippen LogP) is 2.09. The van der Waals surface area contributed by atoms with Gasteiger partial charge in [0.05, 0.1) is 0 Å². The summed E-state index contributed by atoms with van der Waals surface area (Å²) in [7, 11) is 0. The number of aromatic nitrogens is 1. The molecule has 100 valence electrons. The summed E-state index contributed by atoms with van der Waals surface area (Å²) in [6, 6.07) is 4.30. The van der Waals surface area contributed by atoms with Crippen molar-refractivity contribution in [3.63, 3.8) is 0 Å². The molecule has 0 aromatic carbocycles. The van der Waals surface area contributed by atoms with E-state index in [0.717, 1.165) is 17.6 Å². The Morgan fingerprint density at radius 3 is 2.61 bits per heavy atom. The number of pyridine rings is 1. The first kappa shape index (κ1) is 15.4. The first-order valence-electron chi connectivity index (χ1n) is 5.73. The second kappa shape index (κ2) is 6.50. The largest absolute Gasteiger partial charge is 0.334 e. The first-order valence-corrected chi connectivity index (χ1v) is 6.53. The van der Waals surface area contributed by atoms with Crippen molar-refractivity contribution in [2.75, 3.05) is 13.1 Å². The molecule has 2 heterocycles. The van der Waals surface area contributed by atoms with Gasteiger partial charge in [-0.05, 0) is 41.9 Å². The van der Waals surface area contributed by atoms with Gasteiger partial charge in [0, 0.05) is 35.8 Å². The van der Waals surface area contributed by atoms with E-state index in [1.54, 1.807) is 6.20 Å². The van der Waals surface area contributed by atoms with Gasteiger partial charge in [-0.3, -0.25) is 4.79 Å². The van der Waals surface area contributed by atoms with E-state index in [1.165, 1.54) is 0 Å². The van der Waals surface area contributed by atoms with Gasteiger partial charge in [0.1, 0.15) is 5.69 Å². The Hall–Kier alpha value is -0.650. The van der Waals surface area contributed by atoms with E-state index in [-0.39, 0.29) is 18.3 Å². The Kier molecular flexibility index (Phi) is 5.56. The molecule has 1 aliphatic rings. The Bertz CT molecular complexity index is 420. The molecule has 2 atom stereocenters. The van der Waals surface area contributed by atoms with Crippen molar-refractivity contribution >= 4 is 34.2 Å². The first-order chi connectivity index (χ1) is 8.08. The average molecular weight is 335 g/mol. The van der Waals surface area contributed by atoms with Crippen LogP contribution in [0.1, 0.15) is 24.3 Å². The van der Waals surface area contributed by atoms with E-state index in [0.29, 0.717) is 17.8 Å². The van der Waals surface area contributed by atoms with Gasteiger partial charge in [-0.15, -0.1) is 12.4 Å². The zero-order chi connectivity index (χ0) is 12.4. The molecular weight excluding hydrogens is 318 g/mol. The topological polar surface area (TPSA) is 45.2 Å². The highest BCUT2D eigenvalue weighted by atomic mass is 79.9. The minimum absolute atomic E-state index is 0. The van der Waals surface area contributed by atoms with Crippen molar-refractivity contribution in [2.45, 2.75) is 25.9 Å². The minimum atomic E-state index is -0.00215. The van der Waals surface area contributed by atoms with E-state index in [2.05, 4.69) is 40.1 Å². The van der Waals surface area contributed by atoms with Crippen LogP contribution in [0, 0.1) is 0 Å². The summed E-state index contributed by atoms with van der Waals surface area (Å²) in [6.07, 6.45) is 1.65. The fourth-order valence-electron chi connectivity index (χ4n) is 2.19. The number of rotatable bonds is 1. The number of piperazine rings is 1. The van der Waals surface area contributed by atoms with Gasteiger partial charge in [-0.25, -0.2) is 4.98 Å². The lowest BCUT2D eigenvalue weighted by molar-refractivity contribution is 0.0667. The molecule has 1 saturated heterocycles. The van der Waals surface area contributed by atoms with Crippen LogP contribution in [0.3, 0.4) is 0 Å². The molecule has 0 saturated carbocycles. The molecule has 1 aromatic heterocycles. The molecule has 4 nitrogen and oxygen atoms in total. The molecule has 1 aromatic rings. The van der Waals surface area contributed by atoms with Crippen LogP contribution in [-0.4, -0.2) is 41.0 Å². The summed E-state index contributed by atoms with van der Waals surface area (Å²) in [5, 5.41) is 3.40. The van der Waals surface area contributed by atoms with Crippen molar-refractivity contribution in [1.29, 1.82) is 0 Å². The third-order valence-electron chi connectivity index (χ3n) is 2.81. The van der Waals surface area contributed by atoms with E-state index in [1.807, 2.05) is 17.0 Å². The number of nitrogens with zero attached hydrogens (tertiary/aromatic N) is 2. The van der Waals surface area contributed by atoms with Crippen molar-refractivity contribution in [3.05, 3.63) is 28.5 Å². The van der Waals surface area contributed by atoms with Crippen LogP contribution in [0.2, 0.25) is 0 Å². The van der Waals surface area contributed by atoms with Crippen molar-refractivity contribution in [2.24, 2.45) is 0 Å². The summed E-state index contributed by atoms with van der Waals surface area (Å²) in [5.41, 5.74) is 0.494. The Balaban J connectivity index is 0.00000162. The highest BCUT2D eigenvalue weighted by Gasteiger charge is 2.27. The summed E-state index contributed by atoms with van der Waals surface area (Å²) >= 11 is 3.37. The molecule has 0 radical (unpaired) electrons. The molecule has 6 heteroatoms. The van der Waals surface area contributed by atoms with Crippen LogP contribution in [0.5, 0.6) is 0 Å². The molecule has 1 aliphatic heterocycles. The number of carbonyl (C=O) groups is 1. The highest BCUT2D eigenvalue weighted by Crippen LogP contribution is 2.17. The normalized spacial score (nSPS) is 23.4. The summed E-state index contributed by atoms with van der Waals surface area (Å²) in [6.45, 7) is 5.63. The number of nitrogens with one attached hydrogen (secondary N) is 1. The van der Waals surface area contributed by atoms with Crippen molar-refractivity contribution in [3.8, 4) is 0 Å². The van der Waals surface area contributed by atoms with Gasteiger partial charge in [0.15, 0.2) is 0 Å². The van der Waals surface area contributed by atoms with Gasteiger partial charge >= 0.3 is 0 Å². The second-order valence-electron chi connectivity index (χ2n) is 4.51. The van der Waals surface area contributed by atoms with E-state index in [9.17, 15) is 4.79 Å². The van der Waals surface area contributed by atoms with Crippen LogP contribution >= 0.6 is 28.3 Å². The minimum Gasteiger partial charge on any atom is -0.334 e. The fourth-order valence-corrected chi connectivity index (χ4v) is 2.61. The van der Waals surface area contributed by atoms with Crippen LogP contribution in [0.15, 0.2) is 22.8 Å². The molecule has 1 amide bonds. The number of amides is 1. The molecule has 0 bridgehead atoms. The molecule has 1 N–H and O–H groups in total. The Labute approximate surface area is 122 Å². The lowest BCUT2D eigenvalue weighted by atomic mass is 10.1. The van der Waals surface area contributed by atoms with Gasteiger partial charge < -0.3 is 10.2 Å². The second-order valence-corrected chi connectivity index (χ2v) is 5.37. The number of halogens is 2. The smallest absolute Gasteiger partial charge is 0.273 e. The van der Waals surface area contributed by atoms with Crippen molar-refractivity contribution < 1.29 is 4.79 Å². The van der Waals surface area contributed by atoms with Crippen LogP contribution in [0.25, 0.3) is 0 Å². The predicted molar refractivity (Wildman–Crippen MR) is 77.1 cm³/mol. The standard InChI is InChI=1S/C12H16BrN3O.ClH/c1-8-6-16(7-9(2)15-8)12(17)11-10(13)4-3-5-14-11;/h3-5,8-9,15H,6-7H2,1-2H3;1H. The Morgan fingerprint density at radius 2 is 2.06 bits per heavy atom. The third-order valence-corrected chi connectivity index (χ3v) is 3.45. The maximum Gasteiger partial charge on any atom is 0.273 e. The number of hydrogen-bond donors (Lipinski definition) is 1. The molecule has 0 spiro atoms. The van der Waals surface area contributed by atoms with Crippen molar-refractivity contribution in [1.82, 2.24) is 15.2 Å². The molecule has 18 heavy (non-hydrogen) atoms. The lowest BCUT2D eigenvalue weighted by Gasteiger charge is -2.36. The zero-order valence-corrected chi connectivity index (χ0v) is 12.8. The quantitative estimate of drug-likeness (QED) is 0.855. The molecule has 2 unspecified atom stereocenters. The maximum absolute atomic E-state index is 12.3. The van der Waals surface area contributed by atoms with Crippen LogP contribution < -0.4 is 5.32 Å².